The van der Waals surface area contributed by atoms with Crippen molar-refractivity contribution in [2.45, 2.75) is 12.8 Å². The average Bonchev–Trinajstić information content (AvgIpc) is 2.51. The van der Waals surface area contributed by atoms with Gasteiger partial charge in [0, 0.05) is 5.56 Å². The maximum Gasteiger partial charge on any atom is 0.405 e. The molecule has 1 N–H and O–H groups in total. The molecule has 0 radical (unpaired) electrons. The van der Waals surface area contributed by atoms with Gasteiger partial charge in [0.15, 0.2) is 0 Å². The van der Waals surface area contributed by atoms with Gasteiger partial charge in [0.2, 0.25) is 0 Å². The van der Waals surface area contributed by atoms with E-state index < -0.39 is 18.6 Å². The number of alkyl halides is 3. The minimum atomic E-state index is -4.43. The molecule has 3 nitrogen and oxygen atoms in total. The highest BCUT2D eigenvalue weighted by atomic mass is 127. The molecule has 2 aromatic carbocycles. The third kappa shape index (κ3) is 5.74. The molecule has 0 aliphatic rings. The van der Waals surface area contributed by atoms with Crippen molar-refractivity contribution in [1.29, 1.82) is 0 Å². The Morgan fingerprint density at radius 2 is 1.83 bits per heavy atom. The van der Waals surface area contributed by atoms with E-state index in [-0.39, 0.29) is 5.56 Å². The molecule has 0 bridgehead atoms. The van der Waals surface area contributed by atoms with Gasteiger partial charge in [-0.1, -0.05) is 30.3 Å². The van der Waals surface area contributed by atoms with Crippen LogP contribution in [0.3, 0.4) is 0 Å². The van der Waals surface area contributed by atoms with Crippen molar-refractivity contribution in [2.75, 3.05) is 6.54 Å². The van der Waals surface area contributed by atoms with Gasteiger partial charge in [-0.25, -0.2) is 0 Å². The Kier molecular flexibility index (Phi) is 5.86. The molecule has 122 valence electrons. The molecule has 0 aliphatic carbocycles. The van der Waals surface area contributed by atoms with Crippen LogP contribution in [-0.4, -0.2) is 18.6 Å². The zero-order valence-electron chi connectivity index (χ0n) is 11.9. The molecule has 0 atom stereocenters. The normalized spacial score (nSPS) is 11.1. The van der Waals surface area contributed by atoms with Crippen LogP contribution in [0.5, 0.6) is 5.75 Å². The van der Waals surface area contributed by atoms with Gasteiger partial charge in [0.1, 0.15) is 18.9 Å². The fourth-order valence-electron chi connectivity index (χ4n) is 1.78. The van der Waals surface area contributed by atoms with E-state index in [0.717, 1.165) is 5.56 Å². The molecule has 2 rings (SSSR count). The maximum absolute atomic E-state index is 12.1. The summed E-state index contributed by atoms with van der Waals surface area (Å²) in [7, 11) is 0. The van der Waals surface area contributed by atoms with Crippen molar-refractivity contribution >= 4 is 28.5 Å². The zero-order chi connectivity index (χ0) is 16.9. The SMILES string of the molecule is O=C(NCC(F)(F)F)c1ccc(OCc2ccccc2)c(I)c1. The summed E-state index contributed by atoms with van der Waals surface area (Å²) in [6, 6.07) is 14.1. The summed E-state index contributed by atoms with van der Waals surface area (Å²) in [5.41, 5.74) is 1.15. The quantitative estimate of drug-likeness (QED) is 0.717. The van der Waals surface area contributed by atoms with E-state index in [1.54, 1.807) is 6.07 Å². The summed E-state index contributed by atoms with van der Waals surface area (Å²) in [5, 5.41) is 1.84. The van der Waals surface area contributed by atoms with Gasteiger partial charge in [0.25, 0.3) is 5.91 Å². The third-order valence-electron chi connectivity index (χ3n) is 2.88. The van der Waals surface area contributed by atoms with E-state index in [9.17, 15) is 18.0 Å². The molecule has 0 saturated carbocycles. The van der Waals surface area contributed by atoms with E-state index in [1.165, 1.54) is 12.1 Å². The smallest absolute Gasteiger partial charge is 0.405 e. The molecule has 1 amide bonds. The number of hydrogen-bond donors (Lipinski definition) is 1. The number of halogens is 4. The Morgan fingerprint density at radius 3 is 2.43 bits per heavy atom. The molecule has 0 aliphatic heterocycles. The first-order valence-electron chi connectivity index (χ1n) is 6.66. The van der Waals surface area contributed by atoms with Gasteiger partial charge in [-0.05, 0) is 46.4 Å². The number of nitrogens with one attached hydrogen (secondary N) is 1. The monoisotopic (exact) mass is 435 g/mol. The third-order valence-corrected chi connectivity index (χ3v) is 3.72. The summed E-state index contributed by atoms with van der Waals surface area (Å²) in [6.45, 7) is -0.981. The number of hydrogen-bond acceptors (Lipinski definition) is 2. The molecule has 0 aromatic heterocycles. The lowest BCUT2D eigenvalue weighted by Gasteiger charge is -2.11. The molecular weight excluding hydrogens is 422 g/mol. The fourth-order valence-corrected chi connectivity index (χ4v) is 2.45. The molecular formula is C16H13F3INO2. The van der Waals surface area contributed by atoms with E-state index in [1.807, 2.05) is 58.2 Å². The molecule has 0 spiro atoms. The van der Waals surface area contributed by atoms with Crippen LogP contribution < -0.4 is 10.1 Å². The number of benzene rings is 2. The maximum atomic E-state index is 12.1. The second kappa shape index (κ2) is 7.67. The van der Waals surface area contributed by atoms with Crippen LogP contribution in [0.2, 0.25) is 0 Å². The van der Waals surface area contributed by atoms with Crippen LogP contribution in [0.1, 0.15) is 15.9 Å². The first-order chi connectivity index (χ1) is 10.8. The van der Waals surface area contributed by atoms with Gasteiger partial charge < -0.3 is 10.1 Å². The van der Waals surface area contributed by atoms with Crippen molar-refractivity contribution in [3.8, 4) is 5.75 Å². The Morgan fingerprint density at radius 1 is 1.13 bits per heavy atom. The number of ether oxygens (including phenoxy) is 1. The lowest BCUT2D eigenvalue weighted by atomic mass is 10.2. The van der Waals surface area contributed by atoms with Crippen LogP contribution >= 0.6 is 22.6 Å². The highest BCUT2D eigenvalue weighted by Gasteiger charge is 2.28. The van der Waals surface area contributed by atoms with Gasteiger partial charge in [-0.2, -0.15) is 13.2 Å². The van der Waals surface area contributed by atoms with Crippen LogP contribution in [0.4, 0.5) is 13.2 Å². The van der Waals surface area contributed by atoms with Crippen molar-refractivity contribution in [3.05, 3.63) is 63.2 Å². The largest absolute Gasteiger partial charge is 0.488 e. The molecule has 0 unspecified atom stereocenters. The minimum Gasteiger partial charge on any atom is -0.488 e. The molecule has 23 heavy (non-hydrogen) atoms. The van der Waals surface area contributed by atoms with E-state index in [2.05, 4.69) is 0 Å². The zero-order valence-corrected chi connectivity index (χ0v) is 14.0. The number of carbonyl (C=O) groups is 1. The summed E-state index contributed by atoms with van der Waals surface area (Å²) in [5.74, 6) is -0.198. The topological polar surface area (TPSA) is 38.3 Å². The van der Waals surface area contributed by atoms with E-state index in [4.69, 9.17) is 4.74 Å². The first kappa shape index (κ1) is 17.6. The number of amides is 1. The summed E-state index contributed by atoms with van der Waals surface area (Å²) in [4.78, 5) is 11.7. The van der Waals surface area contributed by atoms with Gasteiger partial charge in [-0.3, -0.25) is 4.79 Å². The Hall–Kier alpha value is -1.77. The molecule has 0 fully saturated rings. The fraction of sp³-hybridized carbons (Fsp3) is 0.188. The van der Waals surface area contributed by atoms with Crippen LogP contribution in [-0.2, 0) is 6.61 Å². The second-order valence-corrected chi connectivity index (χ2v) is 5.88. The van der Waals surface area contributed by atoms with E-state index in [0.29, 0.717) is 15.9 Å². The predicted octanol–water partition coefficient (Wildman–Crippen LogP) is 4.16. The second-order valence-electron chi connectivity index (χ2n) is 4.72. The Bertz CT molecular complexity index is 675. The minimum absolute atomic E-state index is 0.158. The van der Waals surface area contributed by atoms with Crippen LogP contribution in [0, 0.1) is 3.57 Å². The summed E-state index contributed by atoms with van der Waals surface area (Å²) >= 11 is 1.98. The number of carbonyl (C=O) groups excluding carboxylic acids is 1. The average molecular weight is 435 g/mol. The Labute approximate surface area is 145 Å². The van der Waals surface area contributed by atoms with E-state index >= 15 is 0 Å². The van der Waals surface area contributed by atoms with Gasteiger partial charge in [-0.15, -0.1) is 0 Å². The highest BCUT2D eigenvalue weighted by Crippen LogP contribution is 2.23. The van der Waals surface area contributed by atoms with Crippen LogP contribution in [0.25, 0.3) is 0 Å². The lowest BCUT2D eigenvalue weighted by molar-refractivity contribution is -0.123. The molecule has 0 heterocycles. The predicted molar refractivity (Wildman–Crippen MR) is 88.3 cm³/mol. The van der Waals surface area contributed by atoms with Crippen molar-refractivity contribution in [2.24, 2.45) is 0 Å². The van der Waals surface area contributed by atoms with Gasteiger partial charge >= 0.3 is 6.18 Å². The van der Waals surface area contributed by atoms with Crippen molar-refractivity contribution < 1.29 is 22.7 Å². The molecule has 0 saturated heterocycles. The van der Waals surface area contributed by atoms with Crippen molar-refractivity contribution in [3.63, 3.8) is 0 Å². The summed E-state index contributed by atoms with van der Waals surface area (Å²) in [6.07, 6.45) is -4.43. The summed E-state index contributed by atoms with van der Waals surface area (Å²) < 4.78 is 42.6. The Balaban J connectivity index is 1.98. The van der Waals surface area contributed by atoms with Crippen LogP contribution in [0.15, 0.2) is 48.5 Å². The highest BCUT2D eigenvalue weighted by molar-refractivity contribution is 14.1. The standard InChI is InChI=1S/C16H13F3INO2/c17-16(18,19)10-21-15(22)12-6-7-14(13(20)8-12)23-9-11-4-2-1-3-5-11/h1-8H,9-10H2,(H,21,22). The first-order valence-corrected chi connectivity index (χ1v) is 7.74. The lowest BCUT2D eigenvalue weighted by Crippen LogP contribution is -2.33. The molecule has 2 aromatic rings. The van der Waals surface area contributed by atoms with Crippen molar-refractivity contribution in [1.82, 2.24) is 5.32 Å². The number of rotatable bonds is 5. The molecule has 7 heteroatoms. The van der Waals surface area contributed by atoms with Gasteiger partial charge in [0.05, 0.1) is 3.57 Å².